The van der Waals surface area contributed by atoms with Crippen molar-refractivity contribution in [3.63, 3.8) is 0 Å². The molecular formula is C25H25NO6S. The molecule has 0 aromatic heterocycles. The number of aryl methyl sites for hydroxylation is 1. The fraction of sp³-hybridized carbons (Fsp3) is 0.280. The van der Waals surface area contributed by atoms with Crippen LogP contribution in [0.15, 0.2) is 59.5 Å². The molecule has 3 aromatic carbocycles. The third kappa shape index (κ3) is 3.69. The quantitative estimate of drug-likeness (QED) is 0.563. The second-order valence-corrected chi connectivity index (χ2v) is 9.99. The Morgan fingerprint density at radius 3 is 2.33 bits per heavy atom. The average molecular weight is 468 g/mol. The van der Waals surface area contributed by atoms with Crippen LogP contribution in [0.1, 0.15) is 28.3 Å². The van der Waals surface area contributed by atoms with Gasteiger partial charge in [0, 0.05) is 6.54 Å². The molecule has 2 aliphatic rings. The van der Waals surface area contributed by atoms with Crippen LogP contribution in [0.3, 0.4) is 0 Å². The lowest BCUT2D eigenvalue weighted by molar-refractivity contribution is 0.174. The summed E-state index contributed by atoms with van der Waals surface area (Å²) in [5.41, 5.74) is 3.67. The number of benzene rings is 3. The van der Waals surface area contributed by atoms with E-state index in [1.165, 1.54) is 0 Å². The number of methoxy groups -OCH3 is 2. The van der Waals surface area contributed by atoms with Gasteiger partial charge in [-0.25, -0.2) is 8.42 Å². The minimum absolute atomic E-state index is 0.149. The average Bonchev–Trinajstić information content (AvgIpc) is 3.30. The van der Waals surface area contributed by atoms with Crippen LogP contribution in [0, 0.1) is 6.92 Å². The molecule has 3 aromatic rings. The maximum Gasteiger partial charge on any atom is 0.243 e. The molecule has 2 aliphatic heterocycles. The fourth-order valence-electron chi connectivity index (χ4n) is 4.46. The molecule has 0 N–H and O–H groups in total. The first kappa shape index (κ1) is 21.6. The van der Waals surface area contributed by atoms with Crippen LogP contribution < -0.4 is 18.9 Å². The van der Waals surface area contributed by atoms with E-state index in [0.717, 1.165) is 22.3 Å². The summed E-state index contributed by atoms with van der Waals surface area (Å²) < 4.78 is 51.3. The molecule has 172 valence electrons. The van der Waals surface area contributed by atoms with Gasteiger partial charge in [-0.2, -0.15) is 4.31 Å². The molecule has 7 nitrogen and oxygen atoms in total. The maximum absolute atomic E-state index is 13.8. The van der Waals surface area contributed by atoms with Crippen LogP contribution in [-0.2, 0) is 16.4 Å². The summed E-state index contributed by atoms with van der Waals surface area (Å²) >= 11 is 0. The van der Waals surface area contributed by atoms with Crippen molar-refractivity contribution >= 4 is 10.0 Å². The standard InChI is InChI=1S/C25H25NO6S/c1-16-4-7-19(8-5-16)33(27,28)26-11-10-17-12-22(29-2)23(30-3)14-20(17)25(26)18-6-9-21-24(13-18)32-15-31-21/h4-9,12-14,25H,10-11,15H2,1-3H3. The van der Waals surface area contributed by atoms with Crippen molar-refractivity contribution in [1.82, 2.24) is 4.31 Å². The molecule has 0 amide bonds. The lowest BCUT2D eigenvalue weighted by Gasteiger charge is -2.37. The first-order chi connectivity index (χ1) is 15.9. The van der Waals surface area contributed by atoms with E-state index in [0.29, 0.717) is 36.0 Å². The third-order valence-corrected chi connectivity index (χ3v) is 8.05. The van der Waals surface area contributed by atoms with Gasteiger partial charge in [0.2, 0.25) is 16.8 Å². The molecule has 0 aliphatic carbocycles. The number of hydrogen-bond acceptors (Lipinski definition) is 6. The molecule has 0 saturated heterocycles. The SMILES string of the molecule is COc1cc2c(cc1OC)C(c1ccc3c(c1)OCO3)N(S(=O)(=O)c1ccc(C)cc1)CC2. The third-order valence-electron chi connectivity index (χ3n) is 6.17. The van der Waals surface area contributed by atoms with E-state index in [2.05, 4.69) is 0 Å². The highest BCUT2D eigenvalue weighted by Gasteiger charge is 2.38. The minimum atomic E-state index is -3.78. The van der Waals surface area contributed by atoms with Gasteiger partial charge in [-0.3, -0.25) is 0 Å². The van der Waals surface area contributed by atoms with Gasteiger partial charge in [-0.1, -0.05) is 23.8 Å². The fourth-order valence-corrected chi connectivity index (χ4v) is 6.05. The van der Waals surface area contributed by atoms with Crippen molar-refractivity contribution in [2.75, 3.05) is 27.6 Å². The second kappa shape index (κ2) is 8.28. The van der Waals surface area contributed by atoms with E-state index in [-0.39, 0.29) is 11.7 Å². The Bertz CT molecular complexity index is 1300. The molecule has 0 fully saturated rings. The lowest BCUT2D eigenvalue weighted by Crippen LogP contribution is -2.40. The number of rotatable bonds is 5. The van der Waals surface area contributed by atoms with Crippen LogP contribution in [0.5, 0.6) is 23.0 Å². The molecule has 0 radical (unpaired) electrons. The highest BCUT2D eigenvalue weighted by Crippen LogP contribution is 2.45. The summed E-state index contributed by atoms with van der Waals surface area (Å²) in [6.45, 7) is 2.41. The van der Waals surface area contributed by atoms with Gasteiger partial charge in [0.05, 0.1) is 25.2 Å². The largest absolute Gasteiger partial charge is 0.493 e. The molecular weight excluding hydrogens is 442 g/mol. The predicted octanol–water partition coefficient (Wildman–Crippen LogP) is 4.08. The molecule has 0 saturated carbocycles. The van der Waals surface area contributed by atoms with Gasteiger partial charge in [0.15, 0.2) is 23.0 Å². The summed E-state index contributed by atoms with van der Waals surface area (Å²) in [7, 11) is -0.612. The first-order valence-corrected chi connectivity index (χ1v) is 12.1. The Labute approximate surface area is 193 Å². The number of sulfonamides is 1. The van der Waals surface area contributed by atoms with Crippen molar-refractivity contribution in [1.29, 1.82) is 0 Å². The Hall–Kier alpha value is -3.23. The monoisotopic (exact) mass is 467 g/mol. The molecule has 33 heavy (non-hydrogen) atoms. The second-order valence-electron chi connectivity index (χ2n) is 8.10. The summed E-state index contributed by atoms with van der Waals surface area (Å²) in [6.07, 6.45) is 0.557. The first-order valence-electron chi connectivity index (χ1n) is 10.6. The maximum atomic E-state index is 13.8. The van der Waals surface area contributed by atoms with Crippen LogP contribution in [0.4, 0.5) is 0 Å². The lowest BCUT2D eigenvalue weighted by atomic mass is 9.89. The van der Waals surface area contributed by atoms with E-state index in [9.17, 15) is 8.42 Å². The van der Waals surface area contributed by atoms with Crippen LogP contribution in [0.25, 0.3) is 0 Å². The van der Waals surface area contributed by atoms with Crippen LogP contribution in [0.2, 0.25) is 0 Å². The highest BCUT2D eigenvalue weighted by molar-refractivity contribution is 7.89. The molecule has 1 atom stereocenters. The van der Waals surface area contributed by atoms with Gasteiger partial charge >= 0.3 is 0 Å². The number of hydrogen-bond donors (Lipinski definition) is 0. The number of ether oxygens (including phenoxy) is 4. The van der Waals surface area contributed by atoms with Gasteiger partial charge in [-0.15, -0.1) is 0 Å². The Kier molecular flexibility index (Phi) is 5.42. The number of fused-ring (bicyclic) bond motifs is 2. The summed E-state index contributed by atoms with van der Waals surface area (Å²) in [4.78, 5) is 0.266. The van der Waals surface area contributed by atoms with E-state index >= 15 is 0 Å². The zero-order chi connectivity index (χ0) is 23.2. The Balaban J connectivity index is 1.69. The minimum Gasteiger partial charge on any atom is -0.493 e. The molecule has 8 heteroatoms. The van der Waals surface area contributed by atoms with E-state index in [1.807, 2.05) is 49.4 Å². The zero-order valence-electron chi connectivity index (χ0n) is 18.7. The van der Waals surface area contributed by atoms with Crippen molar-refractivity contribution in [2.24, 2.45) is 0 Å². The van der Waals surface area contributed by atoms with Crippen molar-refractivity contribution < 1.29 is 27.4 Å². The van der Waals surface area contributed by atoms with Crippen molar-refractivity contribution in [3.8, 4) is 23.0 Å². The van der Waals surface area contributed by atoms with E-state index in [1.54, 1.807) is 30.7 Å². The van der Waals surface area contributed by atoms with Gasteiger partial charge < -0.3 is 18.9 Å². The molecule has 5 rings (SSSR count). The molecule has 0 bridgehead atoms. The molecule has 0 spiro atoms. The van der Waals surface area contributed by atoms with Crippen LogP contribution >= 0.6 is 0 Å². The smallest absolute Gasteiger partial charge is 0.243 e. The Morgan fingerprint density at radius 2 is 1.61 bits per heavy atom. The van der Waals surface area contributed by atoms with E-state index in [4.69, 9.17) is 18.9 Å². The normalized spacial score (nSPS) is 17.5. The summed E-state index contributed by atoms with van der Waals surface area (Å²) in [5.74, 6) is 2.43. The van der Waals surface area contributed by atoms with E-state index < -0.39 is 16.1 Å². The van der Waals surface area contributed by atoms with Crippen LogP contribution in [-0.4, -0.2) is 40.3 Å². The topological polar surface area (TPSA) is 74.3 Å². The molecule has 2 heterocycles. The number of nitrogens with zero attached hydrogens (tertiary/aromatic N) is 1. The van der Waals surface area contributed by atoms with Gasteiger partial charge in [0.25, 0.3) is 0 Å². The zero-order valence-corrected chi connectivity index (χ0v) is 19.5. The van der Waals surface area contributed by atoms with Crippen molar-refractivity contribution in [3.05, 3.63) is 76.9 Å². The Morgan fingerprint density at radius 1 is 0.909 bits per heavy atom. The van der Waals surface area contributed by atoms with Gasteiger partial charge in [-0.05, 0) is 66.4 Å². The van der Waals surface area contributed by atoms with Gasteiger partial charge in [0.1, 0.15) is 0 Å². The molecule has 1 unspecified atom stereocenters. The highest BCUT2D eigenvalue weighted by atomic mass is 32.2. The van der Waals surface area contributed by atoms with Crippen molar-refractivity contribution in [2.45, 2.75) is 24.3 Å². The summed E-state index contributed by atoms with van der Waals surface area (Å²) in [5, 5.41) is 0. The predicted molar refractivity (Wildman–Crippen MR) is 123 cm³/mol. The summed E-state index contributed by atoms with van der Waals surface area (Å²) in [6, 6.07) is 15.8.